The molecule has 0 aromatic heterocycles. The minimum absolute atomic E-state index is 0.0362. The van der Waals surface area contributed by atoms with Gasteiger partial charge in [0, 0.05) is 6.42 Å². The minimum Gasteiger partial charge on any atom is -0.465 e. The maximum atomic E-state index is 12.3. The van der Waals surface area contributed by atoms with Crippen LogP contribution in [0, 0.1) is 5.92 Å². The van der Waals surface area contributed by atoms with Crippen molar-refractivity contribution in [2.75, 3.05) is 6.61 Å². The van der Waals surface area contributed by atoms with Crippen molar-refractivity contribution < 1.29 is 9.53 Å². The van der Waals surface area contributed by atoms with Crippen molar-refractivity contribution in [2.24, 2.45) is 5.92 Å². The van der Waals surface area contributed by atoms with Crippen molar-refractivity contribution in [3.05, 3.63) is 12.2 Å². The molecule has 2 heteroatoms. The number of carbonyl (C=O) groups is 1. The first-order valence-electron chi connectivity index (χ1n) is 16.5. The molecule has 36 heavy (non-hydrogen) atoms. The van der Waals surface area contributed by atoms with E-state index in [1.165, 1.54) is 148 Å². The van der Waals surface area contributed by atoms with Crippen LogP contribution in [-0.2, 0) is 9.53 Å². The van der Waals surface area contributed by atoms with Gasteiger partial charge in [-0.3, -0.25) is 4.79 Å². The molecule has 0 aromatic rings. The predicted octanol–water partition coefficient (Wildman–Crippen LogP) is 11.9. The van der Waals surface area contributed by atoms with Crippen molar-refractivity contribution >= 4 is 5.97 Å². The summed E-state index contributed by atoms with van der Waals surface area (Å²) < 4.78 is 5.73. The molecule has 0 rings (SSSR count). The summed E-state index contributed by atoms with van der Waals surface area (Å²) in [5.74, 6) is 0.611. The van der Waals surface area contributed by atoms with Gasteiger partial charge in [0.2, 0.25) is 0 Å². The molecule has 0 heterocycles. The molecule has 0 radical (unpaired) electrons. The van der Waals surface area contributed by atoms with Crippen LogP contribution >= 0.6 is 0 Å². The van der Waals surface area contributed by atoms with E-state index in [0.29, 0.717) is 18.9 Å². The second-order valence-corrected chi connectivity index (χ2v) is 11.3. The Labute approximate surface area is 227 Å². The van der Waals surface area contributed by atoms with Crippen LogP contribution in [0.25, 0.3) is 0 Å². The third kappa shape index (κ3) is 27.8. The van der Waals surface area contributed by atoms with E-state index in [1.807, 2.05) is 0 Å². The van der Waals surface area contributed by atoms with Gasteiger partial charge in [-0.1, -0.05) is 148 Å². The Morgan fingerprint density at radius 3 is 1.42 bits per heavy atom. The molecule has 2 nitrogen and oxygen atoms in total. The normalized spacial score (nSPS) is 12.4. The van der Waals surface area contributed by atoms with E-state index in [-0.39, 0.29) is 5.97 Å². The van der Waals surface area contributed by atoms with E-state index >= 15 is 0 Å². The van der Waals surface area contributed by atoms with Crippen LogP contribution in [0.1, 0.15) is 188 Å². The minimum atomic E-state index is 0.0362. The van der Waals surface area contributed by atoms with Crippen LogP contribution in [0.3, 0.4) is 0 Å². The lowest BCUT2D eigenvalue weighted by atomic mass is 9.95. The third-order valence-corrected chi connectivity index (χ3v) is 7.55. The molecule has 0 aliphatic heterocycles. The van der Waals surface area contributed by atoms with Gasteiger partial charge in [-0.25, -0.2) is 0 Å². The Kier molecular flexibility index (Phi) is 29.8. The Balaban J connectivity index is 3.73. The maximum absolute atomic E-state index is 12.3. The second kappa shape index (κ2) is 30.4. The van der Waals surface area contributed by atoms with Crippen molar-refractivity contribution in [1.82, 2.24) is 0 Å². The number of unbranched alkanes of at least 4 members (excludes halogenated alkanes) is 19. The van der Waals surface area contributed by atoms with Crippen molar-refractivity contribution in [1.29, 1.82) is 0 Å². The lowest BCUT2D eigenvalue weighted by Crippen LogP contribution is -2.14. The maximum Gasteiger partial charge on any atom is 0.305 e. The molecule has 0 spiro atoms. The van der Waals surface area contributed by atoms with Gasteiger partial charge >= 0.3 is 5.97 Å². The van der Waals surface area contributed by atoms with Gasteiger partial charge in [0.05, 0.1) is 6.61 Å². The summed E-state index contributed by atoms with van der Waals surface area (Å²) in [7, 11) is 0. The van der Waals surface area contributed by atoms with E-state index in [0.717, 1.165) is 12.8 Å². The highest BCUT2D eigenvalue weighted by Gasteiger charge is 2.12. The largest absolute Gasteiger partial charge is 0.465 e. The van der Waals surface area contributed by atoms with E-state index in [9.17, 15) is 4.79 Å². The molecule has 0 bridgehead atoms. The highest BCUT2D eigenvalue weighted by Crippen LogP contribution is 2.20. The monoisotopic (exact) mass is 507 g/mol. The molecule has 0 aliphatic carbocycles. The summed E-state index contributed by atoms with van der Waals surface area (Å²) >= 11 is 0. The fourth-order valence-corrected chi connectivity index (χ4v) is 5.01. The topological polar surface area (TPSA) is 26.3 Å². The third-order valence-electron chi connectivity index (χ3n) is 7.55. The lowest BCUT2D eigenvalue weighted by Gasteiger charge is -2.17. The summed E-state index contributed by atoms with van der Waals surface area (Å²) in [6.45, 7) is 7.48. The van der Waals surface area contributed by atoms with Gasteiger partial charge in [-0.2, -0.15) is 0 Å². The number of ether oxygens (including phenoxy) is 1. The highest BCUT2D eigenvalue weighted by molar-refractivity contribution is 5.69. The Morgan fingerprint density at radius 1 is 0.528 bits per heavy atom. The van der Waals surface area contributed by atoms with Crippen LogP contribution in [-0.4, -0.2) is 12.6 Å². The number of rotatable bonds is 29. The van der Waals surface area contributed by atoms with E-state index in [4.69, 9.17) is 4.74 Å². The first-order chi connectivity index (χ1) is 17.7. The fourth-order valence-electron chi connectivity index (χ4n) is 5.01. The van der Waals surface area contributed by atoms with Crippen LogP contribution < -0.4 is 0 Å². The number of esters is 1. The molecule has 214 valence electrons. The van der Waals surface area contributed by atoms with E-state index < -0.39 is 0 Å². The van der Waals surface area contributed by atoms with Gasteiger partial charge in [0.1, 0.15) is 0 Å². The van der Waals surface area contributed by atoms with Crippen LogP contribution in [0.15, 0.2) is 12.2 Å². The molecule has 0 aromatic carbocycles. The quantitative estimate of drug-likeness (QED) is 0.0572. The van der Waals surface area contributed by atoms with Crippen molar-refractivity contribution in [2.45, 2.75) is 188 Å². The smallest absolute Gasteiger partial charge is 0.305 e. The van der Waals surface area contributed by atoms with Gasteiger partial charge in [-0.05, 0) is 50.9 Å². The predicted molar refractivity (Wildman–Crippen MR) is 161 cm³/mol. The van der Waals surface area contributed by atoms with Gasteiger partial charge in [0.15, 0.2) is 0 Å². The fraction of sp³-hybridized carbons (Fsp3) is 0.912. The first-order valence-corrected chi connectivity index (χ1v) is 16.5. The number of allylic oxidation sites excluding steroid dienone is 2. The first kappa shape index (κ1) is 35.2. The Hall–Kier alpha value is -0.790. The van der Waals surface area contributed by atoms with E-state index in [1.54, 1.807) is 0 Å². The molecule has 0 aliphatic rings. The molecule has 0 saturated heterocycles. The highest BCUT2D eigenvalue weighted by atomic mass is 16.5. The molecular weight excluding hydrogens is 440 g/mol. The number of carbonyl (C=O) groups excluding carboxylic acids is 1. The summed E-state index contributed by atoms with van der Waals surface area (Å²) in [4.78, 5) is 12.3. The van der Waals surface area contributed by atoms with E-state index in [2.05, 4.69) is 32.9 Å². The molecule has 0 N–H and O–H groups in total. The molecular formula is C34H66O2. The number of hydrogen-bond donors (Lipinski definition) is 0. The van der Waals surface area contributed by atoms with Crippen molar-refractivity contribution in [3.63, 3.8) is 0 Å². The molecule has 0 amide bonds. The van der Waals surface area contributed by atoms with Crippen LogP contribution in [0.2, 0.25) is 0 Å². The summed E-state index contributed by atoms with van der Waals surface area (Å²) in [5.41, 5.74) is 0. The zero-order chi connectivity index (χ0) is 26.4. The molecule has 0 saturated carbocycles. The van der Waals surface area contributed by atoms with Crippen LogP contribution in [0.4, 0.5) is 0 Å². The Morgan fingerprint density at radius 2 is 0.917 bits per heavy atom. The Bertz CT molecular complexity index is 456. The zero-order valence-electron chi connectivity index (χ0n) is 25.1. The number of hydrogen-bond acceptors (Lipinski definition) is 2. The van der Waals surface area contributed by atoms with Gasteiger partial charge in [-0.15, -0.1) is 0 Å². The van der Waals surface area contributed by atoms with Crippen LogP contribution in [0.5, 0.6) is 0 Å². The SMILES string of the molecule is CCCCCCCCC=CCCCCCCCC(=O)OCC(CCCCCC)CCCCCCCC. The summed E-state index contributed by atoms with van der Waals surface area (Å²) in [6.07, 6.45) is 37.9. The van der Waals surface area contributed by atoms with Crippen molar-refractivity contribution in [3.8, 4) is 0 Å². The average molecular weight is 507 g/mol. The summed E-state index contributed by atoms with van der Waals surface area (Å²) in [5, 5.41) is 0. The van der Waals surface area contributed by atoms with Gasteiger partial charge in [0.25, 0.3) is 0 Å². The average Bonchev–Trinajstić information content (AvgIpc) is 2.88. The second-order valence-electron chi connectivity index (χ2n) is 11.3. The molecule has 0 fully saturated rings. The zero-order valence-corrected chi connectivity index (χ0v) is 25.1. The summed E-state index contributed by atoms with van der Waals surface area (Å²) in [6, 6.07) is 0. The standard InChI is InChI=1S/C34H66O2/c1-4-7-10-13-15-16-17-18-19-20-21-22-23-25-28-31-34(35)36-32-33(29-26-12-9-6-3)30-27-24-14-11-8-5-2/h18-19,33H,4-17,20-32H2,1-3H3. The van der Waals surface area contributed by atoms with Gasteiger partial charge < -0.3 is 4.74 Å². The molecule has 1 unspecified atom stereocenters. The lowest BCUT2D eigenvalue weighted by molar-refractivity contribution is -0.145. The molecule has 1 atom stereocenters.